The molecular formula is C22H22N6O4. The molecule has 4 rings (SSSR count). The third kappa shape index (κ3) is 4.43. The summed E-state index contributed by atoms with van der Waals surface area (Å²) in [6.45, 7) is 2.06. The van der Waals surface area contributed by atoms with E-state index in [2.05, 4.69) is 15.6 Å². The molecule has 2 aromatic carbocycles. The summed E-state index contributed by atoms with van der Waals surface area (Å²) >= 11 is 0. The van der Waals surface area contributed by atoms with Crippen molar-refractivity contribution in [3.8, 4) is 0 Å². The average molecular weight is 434 g/mol. The minimum Gasteiger partial charge on any atom is -0.375 e. The second-order valence-corrected chi connectivity index (χ2v) is 7.47. The maximum atomic E-state index is 12.6. The number of piperazine rings is 1. The van der Waals surface area contributed by atoms with Crippen molar-refractivity contribution in [1.82, 2.24) is 14.9 Å². The number of nitrogens with one attached hydrogen (secondary N) is 2. The van der Waals surface area contributed by atoms with Gasteiger partial charge in [-0.15, -0.1) is 0 Å². The highest BCUT2D eigenvalue weighted by atomic mass is 16.6. The summed E-state index contributed by atoms with van der Waals surface area (Å²) in [6.07, 6.45) is 3.14. The van der Waals surface area contributed by atoms with Crippen LogP contribution < -0.4 is 15.5 Å². The van der Waals surface area contributed by atoms with Gasteiger partial charge in [0.05, 0.1) is 11.5 Å². The number of carbonyl (C=O) groups is 2. The number of benzene rings is 2. The summed E-state index contributed by atoms with van der Waals surface area (Å²) in [6, 6.07) is 12.0. The molecule has 164 valence electrons. The van der Waals surface area contributed by atoms with E-state index in [-0.39, 0.29) is 28.8 Å². The fraction of sp³-hybridized carbons (Fsp3) is 0.227. The molecule has 0 aliphatic carbocycles. The number of amides is 1. The molecule has 2 heterocycles. The van der Waals surface area contributed by atoms with Crippen LogP contribution in [-0.2, 0) is 18.4 Å². The van der Waals surface area contributed by atoms with E-state index in [4.69, 9.17) is 0 Å². The average Bonchev–Trinajstić information content (AvgIpc) is 3.23. The van der Waals surface area contributed by atoms with Gasteiger partial charge in [-0.3, -0.25) is 19.7 Å². The molecule has 1 amide bonds. The highest BCUT2D eigenvalue weighted by Crippen LogP contribution is 2.27. The van der Waals surface area contributed by atoms with Crippen LogP contribution in [0.4, 0.5) is 17.1 Å². The predicted octanol–water partition coefficient (Wildman–Crippen LogP) is 2.11. The Labute approximate surface area is 184 Å². The number of nitro benzene ring substituents is 1. The molecule has 1 aliphatic rings. The van der Waals surface area contributed by atoms with Gasteiger partial charge in [-0.25, -0.2) is 4.98 Å². The number of nitrogens with zero attached hydrogens (tertiary/aromatic N) is 4. The highest BCUT2D eigenvalue weighted by molar-refractivity contribution is 6.07. The van der Waals surface area contributed by atoms with Crippen LogP contribution in [0.3, 0.4) is 0 Å². The van der Waals surface area contributed by atoms with Crippen LogP contribution >= 0.6 is 0 Å². The summed E-state index contributed by atoms with van der Waals surface area (Å²) in [5, 5.41) is 17.5. The van der Waals surface area contributed by atoms with Gasteiger partial charge in [0.15, 0.2) is 5.82 Å². The van der Waals surface area contributed by atoms with Gasteiger partial charge in [0.25, 0.3) is 5.69 Å². The molecule has 32 heavy (non-hydrogen) atoms. The summed E-state index contributed by atoms with van der Waals surface area (Å²) in [4.78, 5) is 41.3. The summed E-state index contributed by atoms with van der Waals surface area (Å²) in [5.41, 5.74) is 2.22. The van der Waals surface area contributed by atoms with E-state index < -0.39 is 4.92 Å². The normalized spacial score (nSPS) is 13.5. The van der Waals surface area contributed by atoms with E-state index in [1.54, 1.807) is 23.9 Å². The lowest BCUT2D eigenvalue weighted by molar-refractivity contribution is -0.384. The van der Waals surface area contributed by atoms with Crippen molar-refractivity contribution >= 4 is 28.8 Å². The van der Waals surface area contributed by atoms with E-state index in [0.29, 0.717) is 25.3 Å². The first-order chi connectivity index (χ1) is 15.4. The van der Waals surface area contributed by atoms with Crippen molar-refractivity contribution in [2.45, 2.75) is 6.54 Å². The lowest BCUT2D eigenvalue weighted by Gasteiger charge is -2.28. The molecule has 1 fully saturated rings. The zero-order chi connectivity index (χ0) is 22.7. The van der Waals surface area contributed by atoms with Gasteiger partial charge in [-0.1, -0.05) is 12.1 Å². The minimum absolute atomic E-state index is 0.000794. The Morgan fingerprint density at radius 2 is 2.03 bits per heavy atom. The van der Waals surface area contributed by atoms with E-state index in [9.17, 15) is 19.7 Å². The Balaban J connectivity index is 1.47. The number of anilines is 2. The van der Waals surface area contributed by atoms with Crippen molar-refractivity contribution in [1.29, 1.82) is 0 Å². The van der Waals surface area contributed by atoms with E-state index in [0.717, 1.165) is 17.8 Å². The molecular weight excluding hydrogens is 412 g/mol. The first-order valence-corrected chi connectivity index (χ1v) is 10.1. The molecule has 0 unspecified atom stereocenters. The monoisotopic (exact) mass is 434 g/mol. The highest BCUT2D eigenvalue weighted by Gasteiger charge is 2.21. The number of aryl methyl sites for hydroxylation is 1. The van der Waals surface area contributed by atoms with E-state index >= 15 is 0 Å². The van der Waals surface area contributed by atoms with E-state index in [1.165, 1.54) is 18.3 Å². The zero-order valence-corrected chi connectivity index (χ0v) is 17.4. The summed E-state index contributed by atoms with van der Waals surface area (Å²) < 4.78 is 1.57. The second-order valence-electron chi connectivity index (χ2n) is 7.47. The smallest absolute Gasteiger partial charge is 0.293 e. The number of nitro groups is 1. The molecule has 0 saturated carbocycles. The van der Waals surface area contributed by atoms with Crippen molar-refractivity contribution in [2.75, 3.05) is 29.9 Å². The Hall–Kier alpha value is -4.21. The van der Waals surface area contributed by atoms with Crippen LogP contribution in [0.15, 0.2) is 54.9 Å². The number of aromatic nitrogens is 2. The number of hydrogen-bond donors (Lipinski definition) is 2. The van der Waals surface area contributed by atoms with Gasteiger partial charge in [0.2, 0.25) is 11.7 Å². The fourth-order valence-corrected chi connectivity index (χ4v) is 3.57. The molecule has 10 heteroatoms. The Kier molecular flexibility index (Phi) is 5.84. The van der Waals surface area contributed by atoms with Crippen LogP contribution in [0, 0.1) is 10.1 Å². The third-order valence-electron chi connectivity index (χ3n) is 5.30. The largest absolute Gasteiger partial charge is 0.375 e. The molecule has 2 N–H and O–H groups in total. The Morgan fingerprint density at radius 3 is 2.69 bits per heavy atom. The molecule has 1 aromatic heterocycles. The minimum atomic E-state index is -0.512. The number of ketones is 1. The number of carbonyl (C=O) groups excluding carboxylic acids is 2. The quantitative estimate of drug-likeness (QED) is 0.332. The van der Waals surface area contributed by atoms with Crippen LogP contribution in [-0.4, -0.2) is 45.8 Å². The van der Waals surface area contributed by atoms with Crippen molar-refractivity contribution in [2.24, 2.45) is 7.05 Å². The molecule has 0 atom stereocenters. The zero-order valence-electron chi connectivity index (χ0n) is 17.4. The van der Waals surface area contributed by atoms with Crippen molar-refractivity contribution < 1.29 is 14.5 Å². The van der Waals surface area contributed by atoms with Crippen molar-refractivity contribution in [3.63, 3.8) is 0 Å². The van der Waals surface area contributed by atoms with Crippen LogP contribution in [0.2, 0.25) is 0 Å². The number of rotatable bonds is 7. The van der Waals surface area contributed by atoms with Crippen LogP contribution in [0.5, 0.6) is 0 Å². The molecule has 0 radical (unpaired) electrons. The summed E-state index contributed by atoms with van der Waals surface area (Å²) in [5.74, 6) is -0.167. The van der Waals surface area contributed by atoms with Gasteiger partial charge >= 0.3 is 0 Å². The van der Waals surface area contributed by atoms with E-state index in [1.807, 2.05) is 29.2 Å². The lowest BCUT2D eigenvalue weighted by Crippen LogP contribution is -2.47. The van der Waals surface area contributed by atoms with Crippen LogP contribution in [0.25, 0.3) is 0 Å². The molecule has 1 saturated heterocycles. The van der Waals surface area contributed by atoms with Crippen LogP contribution in [0.1, 0.15) is 21.7 Å². The molecule has 0 bridgehead atoms. The Morgan fingerprint density at radius 1 is 1.25 bits per heavy atom. The molecule has 10 nitrogen and oxygen atoms in total. The van der Waals surface area contributed by atoms with Gasteiger partial charge in [0.1, 0.15) is 5.69 Å². The second kappa shape index (κ2) is 8.88. The summed E-state index contributed by atoms with van der Waals surface area (Å²) in [7, 11) is 1.69. The number of imidazole rings is 1. The maximum absolute atomic E-state index is 12.6. The van der Waals surface area contributed by atoms with Gasteiger partial charge < -0.3 is 20.1 Å². The van der Waals surface area contributed by atoms with Gasteiger partial charge in [-0.2, -0.15) is 0 Å². The Bertz CT molecular complexity index is 1170. The SMILES string of the molecule is Cn1ccnc1C(=O)c1ccc(NCc2ccc(N3CCNC(=O)C3)cc2)c([N+](=O)[O-])c1. The first-order valence-electron chi connectivity index (χ1n) is 10.1. The predicted molar refractivity (Wildman–Crippen MR) is 119 cm³/mol. The first kappa shape index (κ1) is 21.0. The molecule has 0 spiro atoms. The third-order valence-corrected chi connectivity index (χ3v) is 5.30. The van der Waals surface area contributed by atoms with Gasteiger partial charge in [-0.05, 0) is 29.8 Å². The number of hydrogen-bond acceptors (Lipinski definition) is 7. The molecule has 3 aromatic rings. The topological polar surface area (TPSA) is 122 Å². The maximum Gasteiger partial charge on any atom is 0.293 e. The fourth-order valence-electron chi connectivity index (χ4n) is 3.57. The van der Waals surface area contributed by atoms with Gasteiger partial charge in [0, 0.05) is 56.4 Å². The molecule has 1 aliphatic heterocycles. The lowest BCUT2D eigenvalue weighted by atomic mass is 10.1. The standard InChI is InChI=1S/C22H22N6O4/c1-26-10-8-24-22(26)21(30)16-4-7-18(19(12-16)28(31)32)25-13-15-2-5-17(6-3-15)27-11-9-23-20(29)14-27/h2-8,10,12,25H,9,11,13-14H2,1H3,(H,23,29). The van der Waals surface area contributed by atoms with Crippen molar-refractivity contribution in [3.05, 3.63) is 81.9 Å².